The van der Waals surface area contributed by atoms with E-state index in [1.165, 1.54) is 50.8 Å². The summed E-state index contributed by atoms with van der Waals surface area (Å²) < 4.78 is 0. The Bertz CT molecular complexity index is 414. The van der Waals surface area contributed by atoms with Crippen molar-refractivity contribution in [3.63, 3.8) is 0 Å². The normalized spacial score (nSPS) is 16.6. The minimum atomic E-state index is -0.489. The first-order valence-electron chi connectivity index (χ1n) is 7.33. The zero-order valence-electron chi connectivity index (χ0n) is 11.7. The molecule has 1 aliphatic rings. The Kier molecular flexibility index (Phi) is 5.73. The van der Waals surface area contributed by atoms with Gasteiger partial charge in [-0.15, -0.1) is 0 Å². The van der Waals surface area contributed by atoms with Crippen LogP contribution in [0.4, 0.5) is 11.5 Å². The summed E-state index contributed by atoms with van der Waals surface area (Å²) in [5, 5.41) is 17.3. The molecule has 0 amide bonds. The maximum atomic E-state index is 10.5. The van der Waals surface area contributed by atoms with Gasteiger partial charge in [-0.3, -0.25) is 0 Å². The Hall–Kier alpha value is -1.69. The van der Waals surface area contributed by atoms with Crippen LogP contribution in [0.25, 0.3) is 0 Å². The molecule has 1 heterocycles. The van der Waals surface area contributed by atoms with Gasteiger partial charge in [0, 0.05) is 25.2 Å². The Labute approximate surface area is 119 Å². The lowest BCUT2D eigenvalue weighted by Gasteiger charge is -2.16. The fourth-order valence-corrected chi connectivity index (χ4v) is 2.57. The molecule has 0 bridgehead atoms. The number of hydrogen-bond acceptors (Lipinski definition) is 5. The number of nitrogens with one attached hydrogen (secondary N) is 2. The topological polar surface area (TPSA) is 80.1 Å². The molecule has 1 saturated carbocycles. The van der Waals surface area contributed by atoms with Crippen LogP contribution >= 0.6 is 0 Å². The SMILES string of the molecule is O=[N+]([O-])c1ccc(NCCNC2CCCCCC2)cn1. The van der Waals surface area contributed by atoms with Gasteiger partial charge in [0.05, 0.1) is 5.69 Å². The van der Waals surface area contributed by atoms with Crippen LogP contribution in [0.5, 0.6) is 0 Å². The van der Waals surface area contributed by atoms with Crippen molar-refractivity contribution in [1.82, 2.24) is 10.3 Å². The monoisotopic (exact) mass is 278 g/mol. The molecular formula is C14H22N4O2. The summed E-state index contributed by atoms with van der Waals surface area (Å²) in [5.41, 5.74) is 0.818. The van der Waals surface area contributed by atoms with E-state index in [1.54, 1.807) is 6.07 Å². The zero-order chi connectivity index (χ0) is 14.2. The summed E-state index contributed by atoms with van der Waals surface area (Å²) in [4.78, 5) is 13.8. The fraction of sp³-hybridized carbons (Fsp3) is 0.643. The summed E-state index contributed by atoms with van der Waals surface area (Å²) in [7, 11) is 0. The standard InChI is InChI=1S/C14H22N4O2/c19-18(20)14-8-7-13(11-17-14)16-10-9-15-12-5-3-1-2-4-6-12/h7-8,11-12,15-16H,1-6,9-10H2. The Morgan fingerprint density at radius 1 is 1.20 bits per heavy atom. The van der Waals surface area contributed by atoms with E-state index in [2.05, 4.69) is 15.6 Å². The Balaban J connectivity index is 1.66. The van der Waals surface area contributed by atoms with Gasteiger partial charge in [0.25, 0.3) is 0 Å². The molecule has 0 atom stereocenters. The number of nitrogens with zero attached hydrogens (tertiary/aromatic N) is 2. The van der Waals surface area contributed by atoms with E-state index in [-0.39, 0.29) is 5.82 Å². The summed E-state index contributed by atoms with van der Waals surface area (Å²) in [5.74, 6) is -0.118. The van der Waals surface area contributed by atoms with Crippen molar-refractivity contribution < 1.29 is 4.92 Å². The highest BCUT2D eigenvalue weighted by molar-refractivity contribution is 5.43. The van der Waals surface area contributed by atoms with Crippen LogP contribution in [0.1, 0.15) is 38.5 Å². The van der Waals surface area contributed by atoms with Gasteiger partial charge in [-0.25, -0.2) is 0 Å². The van der Waals surface area contributed by atoms with Gasteiger partial charge in [-0.05, 0) is 28.8 Å². The van der Waals surface area contributed by atoms with Crippen molar-refractivity contribution in [1.29, 1.82) is 0 Å². The average molecular weight is 278 g/mol. The van der Waals surface area contributed by atoms with Gasteiger partial charge in [0.2, 0.25) is 0 Å². The Morgan fingerprint density at radius 2 is 1.95 bits per heavy atom. The first-order chi connectivity index (χ1) is 9.75. The molecule has 1 aromatic heterocycles. The van der Waals surface area contributed by atoms with Crippen LogP contribution in [-0.2, 0) is 0 Å². The lowest BCUT2D eigenvalue weighted by atomic mass is 10.1. The van der Waals surface area contributed by atoms with Crippen LogP contribution in [0.15, 0.2) is 18.3 Å². The van der Waals surface area contributed by atoms with Crippen molar-refractivity contribution in [3.05, 3.63) is 28.4 Å². The first-order valence-corrected chi connectivity index (χ1v) is 7.33. The smallest absolute Gasteiger partial charge is 0.363 e. The molecule has 1 aromatic rings. The molecule has 0 unspecified atom stereocenters. The van der Waals surface area contributed by atoms with Crippen LogP contribution in [-0.4, -0.2) is 29.0 Å². The number of pyridine rings is 1. The molecule has 20 heavy (non-hydrogen) atoms. The van der Waals surface area contributed by atoms with Crippen molar-refractivity contribution in [2.75, 3.05) is 18.4 Å². The highest BCUT2D eigenvalue weighted by atomic mass is 16.6. The third-order valence-corrected chi connectivity index (χ3v) is 3.68. The number of anilines is 1. The molecule has 110 valence electrons. The van der Waals surface area contributed by atoms with Crippen molar-refractivity contribution in [3.8, 4) is 0 Å². The van der Waals surface area contributed by atoms with Gasteiger partial charge in [-0.2, -0.15) is 0 Å². The maximum Gasteiger partial charge on any atom is 0.363 e. The van der Waals surface area contributed by atoms with Gasteiger partial charge >= 0.3 is 5.82 Å². The highest BCUT2D eigenvalue weighted by Gasteiger charge is 2.11. The number of hydrogen-bond donors (Lipinski definition) is 2. The largest absolute Gasteiger partial charge is 0.381 e. The zero-order valence-corrected chi connectivity index (χ0v) is 11.7. The number of aromatic nitrogens is 1. The molecule has 6 heteroatoms. The quantitative estimate of drug-likeness (QED) is 0.362. The van der Waals surface area contributed by atoms with E-state index < -0.39 is 4.92 Å². The minimum Gasteiger partial charge on any atom is -0.381 e. The lowest BCUT2D eigenvalue weighted by Crippen LogP contribution is -2.32. The van der Waals surface area contributed by atoms with E-state index in [1.807, 2.05) is 0 Å². The molecule has 2 N–H and O–H groups in total. The molecule has 6 nitrogen and oxygen atoms in total. The third kappa shape index (κ3) is 4.77. The number of rotatable bonds is 6. The predicted octanol–water partition coefficient (Wildman–Crippen LogP) is 2.71. The van der Waals surface area contributed by atoms with Crippen molar-refractivity contribution in [2.45, 2.75) is 44.6 Å². The van der Waals surface area contributed by atoms with Gasteiger partial charge in [0.1, 0.15) is 0 Å². The van der Waals surface area contributed by atoms with Gasteiger partial charge < -0.3 is 20.7 Å². The second-order valence-corrected chi connectivity index (χ2v) is 5.23. The fourth-order valence-electron chi connectivity index (χ4n) is 2.57. The highest BCUT2D eigenvalue weighted by Crippen LogP contribution is 2.17. The van der Waals surface area contributed by atoms with Crippen LogP contribution in [0.2, 0.25) is 0 Å². The van der Waals surface area contributed by atoms with Crippen molar-refractivity contribution in [2.24, 2.45) is 0 Å². The molecule has 0 aliphatic heterocycles. The van der Waals surface area contributed by atoms with E-state index in [4.69, 9.17) is 0 Å². The minimum absolute atomic E-state index is 0.118. The summed E-state index contributed by atoms with van der Waals surface area (Å²) in [6.07, 6.45) is 9.45. The third-order valence-electron chi connectivity index (χ3n) is 3.68. The molecule has 1 aliphatic carbocycles. The van der Waals surface area contributed by atoms with Crippen LogP contribution in [0.3, 0.4) is 0 Å². The second-order valence-electron chi connectivity index (χ2n) is 5.23. The predicted molar refractivity (Wildman–Crippen MR) is 78.9 cm³/mol. The average Bonchev–Trinajstić information content (AvgIpc) is 2.73. The first kappa shape index (κ1) is 14.7. The molecule has 2 rings (SSSR count). The molecule has 0 radical (unpaired) electrons. The maximum absolute atomic E-state index is 10.5. The number of nitro groups is 1. The molecular weight excluding hydrogens is 256 g/mol. The second kappa shape index (κ2) is 7.79. The lowest BCUT2D eigenvalue weighted by molar-refractivity contribution is -0.389. The summed E-state index contributed by atoms with van der Waals surface area (Å²) in [6.45, 7) is 1.71. The van der Waals surface area contributed by atoms with E-state index in [0.29, 0.717) is 6.04 Å². The molecule has 1 fully saturated rings. The Morgan fingerprint density at radius 3 is 2.55 bits per heavy atom. The summed E-state index contributed by atoms with van der Waals surface area (Å²) in [6, 6.07) is 3.76. The summed E-state index contributed by atoms with van der Waals surface area (Å²) >= 11 is 0. The van der Waals surface area contributed by atoms with Crippen molar-refractivity contribution >= 4 is 11.5 Å². The molecule has 0 aromatic carbocycles. The van der Waals surface area contributed by atoms with E-state index >= 15 is 0 Å². The van der Waals surface area contributed by atoms with Crippen LogP contribution in [0, 0.1) is 10.1 Å². The van der Waals surface area contributed by atoms with E-state index in [9.17, 15) is 10.1 Å². The molecule has 0 spiro atoms. The van der Waals surface area contributed by atoms with E-state index in [0.717, 1.165) is 18.8 Å². The van der Waals surface area contributed by atoms with Crippen LogP contribution < -0.4 is 10.6 Å². The molecule has 0 saturated heterocycles. The van der Waals surface area contributed by atoms with Gasteiger partial charge in [0.15, 0.2) is 6.20 Å². The van der Waals surface area contributed by atoms with Gasteiger partial charge in [-0.1, -0.05) is 25.7 Å².